The summed E-state index contributed by atoms with van der Waals surface area (Å²) in [5, 5.41) is 1.30. The summed E-state index contributed by atoms with van der Waals surface area (Å²) in [5.41, 5.74) is 19.5. The van der Waals surface area contributed by atoms with Crippen molar-refractivity contribution in [2.45, 2.75) is 50.5 Å². The molecule has 1 fully saturated rings. The fraction of sp³-hybridized carbons (Fsp3) is 0.154. The highest BCUT2D eigenvalue weighted by molar-refractivity contribution is 6.89. The Kier molecular flexibility index (Phi) is 6.65. The van der Waals surface area contributed by atoms with E-state index < -0.39 is 0 Å². The van der Waals surface area contributed by atoms with Gasteiger partial charge in [-0.3, -0.25) is 0 Å². The molecule has 56 heavy (non-hydrogen) atoms. The van der Waals surface area contributed by atoms with Crippen LogP contribution in [0.1, 0.15) is 45.1 Å². The van der Waals surface area contributed by atoms with Crippen LogP contribution in [0.2, 0.25) is 0 Å². The molecule has 4 heterocycles. The zero-order valence-corrected chi connectivity index (χ0v) is 31.9. The molecule has 3 aliphatic heterocycles. The van der Waals surface area contributed by atoms with Crippen LogP contribution in [-0.4, -0.2) is 16.9 Å². The van der Waals surface area contributed by atoms with Crippen LogP contribution in [0.4, 0.5) is 28.4 Å². The second-order valence-electron chi connectivity index (χ2n) is 16.7. The van der Waals surface area contributed by atoms with Gasteiger partial charge in [-0.15, -0.1) is 0 Å². The average molecular weight is 720 g/mol. The number of fused-ring (bicyclic) bond motifs is 7. The Bertz CT molecular complexity index is 2860. The Morgan fingerprint density at radius 2 is 1.20 bits per heavy atom. The van der Waals surface area contributed by atoms with Gasteiger partial charge in [-0.1, -0.05) is 153 Å². The van der Waals surface area contributed by atoms with E-state index in [2.05, 4.69) is 198 Å². The maximum atomic E-state index is 2.73. The van der Waals surface area contributed by atoms with Crippen LogP contribution in [0.3, 0.4) is 0 Å². The molecule has 2 unspecified atom stereocenters. The molecular weight excluding hydrogens is 677 g/mol. The second-order valence-corrected chi connectivity index (χ2v) is 16.7. The van der Waals surface area contributed by atoms with E-state index in [-0.39, 0.29) is 17.8 Å². The van der Waals surface area contributed by atoms with E-state index in [1.807, 2.05) is 0 Å². The fourth-order valence-corrected chi connectivity index (χ4v) is 11.5. The van der Waals surface area contributed by atoms with Crippen LogP contribution < -0.4 is 20.7 Å². The first kappa shape index (κ1) is 32.0. The quantitative estimate of drug-likeness (QED) is 0.168. The molecule has 3 nitrogen and oxygen atoms in total. The third-order valence-corrected chi connectivity index (χ3v) is 14.1. The fourth-order valence-electron chi connectivity index (χ4n) is 11.5. The summed E-state index contributed by atoms with van der Waals surface area (Å²) in [6.07, 6.45) is 4.92. The van der Waals surface area contributed by atoms with Crippen molar-refractivity contribution < 1.29 is 0 Å². The zero-order chi connectivity index (χ0) is 37.2. The molecule has 1 aliphatic carbocycles. The maximum absolute atomic E-state index is 2.73. The van der Waals surface area contributed by atoms with Crippen molar-refractivity contribution in [1.29, 1.82) is 0 Å². The van der Waals surface area contributed by atoms with Gasteiger partial charge in [-0.05, 0) is 89.3 Å². The van der Waals surface area contributed by atoms with Gasteiger partial charge < -0.3 is 14.3 Å². The summed E-state index contributed by atoms with van der Waals surface area (Å²) in [6, 6.07) is 63.8. The third-order valence-electron chi connectivity index (χ3n) is 14.1. The predicted octanol–water partition coefficient (Wildman–Crippen LogP) is 12.1. The van der Waals surface area contributed by atoms with Gasteiger partial charge in [0.2, 0.25) is 0 Å². The topological polar surface area (TPSA) is 11.4 Å². The van der Waals surface area contributed by atoms with Gasteiger partial charge in [0.05, 0.1) is 5.54 Å². The molecule has 8 aromatic rings. The number of hydrogen-bond acceptors (Lipinski definition) is 2. The molecule has 12 rings (SSSR count). The first-order chi connectivity index (χ1) is 27.6. The summed E-state index contributed by atoms with van der Waals surface area (Å²) in [6.45, 7) is 5.04. The van der Waals surface area contributed by atoms with E-state index in [1.54, 1.807) is 0 Å². The standard InChI is InChI=1S/C52H42BN3/c1-51-32-14-15-33-52(51,2)55(44-28-13-12-27-42(44)51)38-30-31-43-46(34-38)54(37-22-10-5-11-23-37)45-29-17-24-39-40-25-16-26-41-47(35-18-6-3-7-19-35)49(36-20-8-4-9-21-36)56(50(40)41)53(43)48(39)45/h3-13,16-31,34H,14-15,32-33H2,1-2H3. The van der Waals surface area contributed by atoms with Crippen LogP contribution in [0.25, 0.3) is 44.4 Å². The summed E-state index contributed by atoms with van der Waals surface area (Å²) in [5.74, 6) is 0. The Hall–Kier alpha value is -6.26. The highest BCUT2D eigenvalue weighted by Gasteiger charge is 2.57. The Labute approximate surface area is 329 Å². The van der Waals surface area contributed by atoms with E-state index in [1.165, 1.54) is 115 Å². The van der Waals surface area contributed by atoms with Gasteiger partial charge in [0, 0.05) is 61.6 Å². The Morgan fingerprint density at radius 3 is 2.00 bits per heavy atom. The molecule has 7 aromatic carbocycles. The number of anilines is 5. The monoisotopic (exact) mass is 719 g/mol. The lowest BCUT2D eigenvalue weighted by Crippen LogP contribution is -2.57. The van der Waals surface area contributed by atoms with Gasteiger partial charge >= 0.3 is 6.85 Å². The lowest BCUT2D eigenvalue weighted by atomic mass is 9.45. The third kappa shape index (κ3) is 4.09. The molecule has 0 saturated heterocycles. The van der Waals surface area contributed by atoms with E-state index in [0.29, 0.717) is 0 Å². The Morgan fingerprint density at radius 1 is 0.536 bits per heavy atom. The summed E-state index contributed by atoms with van der Waals surface area (Å²) >= 11 is 0. The van der Waals surface area contributed by atoms with E-state index in [9.17, 15) is 0 Å². The SMILES string of the molecule is CC12CCCCC1(C)N(c1ccc3c(c1)N(c1ccccc1)c1cccc4c1B3n1c(-c3ccccc3)c(-c3ccccc3)c3cccc-4c31)c1ccccc12. The van der Waals surface area contributed by atoms with E-state index in [0.717, 1.165) is 0 Å². The first-order valence-corrected chi connectivity index (χ1v) is 20.4. The average Bonchev–Trinajstić information content (AvgIpc) is 3.70. The van der Waals surface area contributed by atoms with Crippen LogP contribution in [-0.2, 0) is 5.41 Å². The van der Waals surface area contributed by atoms with Gasteiger partial charge in [-0.2, -0.15) is 0 Å². The van der Waals surface area contributed by atoms with Crippen molar-refractivity contribution >= 4 is 57.1 Å². The van der Waals surface area contributed by atoms with Gasteiger partial charge in [0.1, 0.15) is 0 Å². The van der Waals surface area contributed by atoms with Crippen LogP contribution >= 0.6 is 0 Å². The lowest BCUT2D eigenvalue weighted by molar-refractivity contribution is 0.195. The highest BCUT2D eigenvalue weighted by atomic mass is 15.3. The second kappa shape index (κ2) is 11.6. The van der Waals surface area contributed by atoms with Gasteiger partial charge in [-0.25, -0.2) is 0 Å². The van der Waals surface area contributed by atoms with Gasteiger partial charge in [0.25, 0.3) is 0 Å². The van der Waals surface area contributed by atoms with Crippen LogP contribution in [0, 0.1) is 0 Å². The summed E-state index contributed by atoms with van der Waals surface area (Å²) in [4.78, 5) is 5.28. The van der Waals surface area contributed by atoms with E-state index in [4.69, 9.17) is 0 Å². The summed E-state index contributed by atoms with van der Waals surface area (Å²) < 4.78 is 2.71. The number of aromatic nitrogens is 1. The summed E-state index contributed by atoms with van der Waals surface area (Å²) in [7, 11) is 0. The minimum absolute atomic E-state index is 0.0259. The molecule has 0 N–H and O–H groups in total. The van der Waals surface area contributed by atoms with Crippen molar-refractivity contribution in [1.82, 2.24) is 4.48 Å². The van der Waals surface area contributed by atoms with Crippen molar-refractivity contribution in [3.63, 3.8) is 0 Å². The van der Waals surface area contributed by atoms with Crippen molar-refractivity contribution in [3.8, 4) is 33.5 Å². The molecule has 268 valence electrons. The molecule has 2 atom stereocenters. The van der Waals surface area contributed by atoms with Crippen molar-refractivity contribution in [2.24, 2.45) is 0 Å². The zero-order valence-electron chi connectivity index (χ0n) is 31.9. The minimum atomic E-state index is -0.0309. The number of rotatable bonds is 4. The molecule has 4 heteroatoms. The minimum Gasteiger partial charge on any atom is -0.375 e. The molecule has 0 amide bonds. The highest BCUT2D eigenvalue weighted by Crippen LogP contribution is 2.61. The molecule has 0 bridgehead atoms. The number of benzene rings is 7. The van der Waals surface area contributed by atoms with Crippen molar-refractivity contribution in [3.05, 3.63) is 175 Å². The number of hydrogen-bond donors (Lipinski definition) is 0. The molecule has 0 radical (unpaired) electrons. The van der Waals surface area contributed by atoms with Crippen LogP contribution in [0.15, 0.2) is 170 Å². The molecule has 1 saturated carbocycles. The first-order valence-electron chi connectivity index (χ1n) is 20.4. The van der Waals surface area contributed by atoms with E-state index >= 15 is 0 Å². The smallest absolute Gasteiger partial charge is 0.333 e. The Balaban J connectivity index is 1.18. The molecule has 1 aromatic heterocycles. The molecular formula is C52H42BN3. The number of para-hydroxylation sites is 3. The van der Waals surface area contributed by atoms with Crippen LogP contribution in [0.5, 0.6) is 0 Å². The number of nitrogens with zero attached hydrogens (tertiary/aromatic N) is 3. The van der Waals surface area contributed by atoms with Gasteiger partial charge in [0.15, 0.2) is 0 Å². The predicted molar refractivity (Wildman–Crippen MR) is 236 cm³/mol. The normalized spacial score (nSPS) is 20.1. The largest absolute Gasteiger partial charge is 0.375 e. The molecule has 4 aliphatic rings. The molecule has 0 spiro atoms. The van der Waals surface area contributed by atoms with Crippen molar-refractivity contribution in [2.75, 3.05) is 9.80 Å². The lowest BCUT2D eigenvalue weighted by Gasteiger charge is -2.50. The maximum Gasteiger partial charge on any atom is 0.333 e.